The molecule has 1 aliphatic rings. The van der Waals surface area contributed by atoms with E-state index in [-0.39, 0.29) is 18.0 Å². The van der Waals surface area contributed by atoms with Gasteiger partial charge in [-0.1, -0.05) is 55.7 Å². The topological polar surface area (TPSA) is 72.9 Å². The molecule has 3 N–H and O–H groups in total. The standard InChI is InChI=1S/C27H30N4O.ClH/c28-14-8-2-1-3-9-15-29-17-22-21-12-6-7-13-24(21)30-26-23(22)18-31-25(26)16-19-10-4-5-11-20(19)27(31)32;/h4-7,10-13,16,29H,1-3,8-9,14-15,17-18,28H2;1H. The lowest BCUT2D eigenvalue weighted by Crippen LogP contribution is -2.20. The fourth-order valence-corrected chi connectivity index (χ4v) is 4.85. The predicted molar refractivity (Wildman–Crippen MR) is 139 cm³/mol. The molecular weight excluding hydrogens is 432 g/mol. The maximum absolute atomic E-state index is 13.2. The highest BCUT2D eigenvalue weighted by Crippen LogP contribution is 2.36. The summed E-state index contributed by atoms with van der Waals surface area (Å²) in [6, 6.07) is 18.3. The zero-order valence-corrected chi connectivity index (χ0v) is 19.7. The van der Waals surface area contributed by atoms with Crippen LogP contribution in [-0.4, -0.2) is 22.6 Å². The van der Waals surface area contributed by atoms with Gasteiger partial charge in [-0.05, 0) is 55.1 Å². The molecule has 3 heterocycles. The van der Waals surface area contributed by atoms with Crippen LogP contribution in [0.2, 0.25) is 0 Å². The third kappa shape index (κ3) is 4.54. The molecule has 0 bridgehead atoms. The summed E-state index contributed by atoms with van der Waals surface area (Å²) < 4.78 is 1.89. The van der Waals surface area contributed by atoms with Crippen LogP contribution in [0.25, 0.3) is 33.1 Å². The number of para-hydroxylation sites is 1. The number of unbranched alkanes of at least 4 members (excludes halogenated alkanes) is 4. The molecule has 172 valence electrons. The van der Waals surface area contributed by atoms with Crippen molar-refractivity contribution in [3.05, 3.63) is 76.1 Å². The molecule has 0 saturated carbocycles. The first-order valence-electron chi connectivity index (χ1n) is 11.7. The van der Waals surface area contributed by atoms with E-state index in [0.717, 1.165) is 53.7 Å². The number of rotatable bonds is 9. The van der Waals surface area contributed by atoms with Crippen LogP contribution >= 0.6 is 12.4 Å². The summed E-state index contributed by atoms with van der Waals surface area (Å²) in [6.45, 7) is 3.16. The van der Waals surface area contributed by atoms with Crippen molar-refractivity contribution in [3.63, 3.8) is 0 Å². The molecule has 0 aliphatic carbocycles. The quantitative estimate of drug-likeness (QED) is 0.302. The summed E-state index contributed by atoms with van der Waals surface area (Å²) in [5.41, 5.74) is 10.9. The number of hydrogen-bond acceptors (Lipinski definition) is 4. The average Bonchev–Trinajstić information content (AvgIpc) is 3.19. The second-order valence-corrected chi connectivity index (χ2v) is 8.68. The van der Waals surface area contributed by atoms with E-state index >= 15 is 0 Å². The minimum atomic E-state index is 0. The van der Waals surface area contributed by atoms with Crippen LogP contribution in [0.4, 0.5) is 0 Å². The molecule has 0 saturated heterocycles. The highest BCUT2D eigenvalue weighted by Gasteiger charge is 2.26. The summed E-state index contributed by atoms with van der Waals surface area (Å²) >= 11 is 0. The molecule has 0 fully saturated rings. The number of hydrogen-bond donors (Lipinski definition) is 2. The van der Waals surface area contributed by atoms with Gasteiger partial charge in [0.05, 0.1) is 23.4 Å². The molecule has 6 heteroatoms. The largest absolute Gasteiger partial charge is 0.330 e. The van der Waals surface area contributed by atoms with Crippen LogP contribution in [0.1, 0.15) is 43.2 Å². The SMILES string of the molecule is Cl.NCCCCCCCNCc1c2c(nc3ccccc13)-c1cc3ccccc3c(=O)n1C2. The minimum Gasteiger partial charge on any atom is -0.330 e. The lowest BCUT2D eigenvalue weighted by molar-refractivity contribution is 0.577. The molecule has 2 aromatic heterocycles. The molecule has 0 unspecified atom stereocenters. The Kier molecular flexibility index (Phi) is 7.43. The van der Waals surface area contributed by atoms with Crippen molar-refractivity contribution < 1.29 is 0 Å². The number of pyridine rings is 2. The number of nitrogens with two attached hydrogens (primary N) is 1. The Bertz CT molecular complexity index is 1330. The Morgan fingerprint density at radius 2 is 1.67 bits per heavy atom. The van der Waals surface area contributed by atoms with Gasteiger partial charge in [-0.3, -0.25) is 4.79 Å². The average molecular weight is 463 g/mol. The Morgan fingerprint density at radius 3 is 2.52 bits per heavy atom. The Hall–Kier alpha value is -2.73. The summed E-state index contributed by atoms with van der Waals surface area (Å²) in [7, 11) is 0. The van der Waals surface area contributed by atoms with Gasteiger partial charge in [0.1, 0.15) is 0 Å². The molecule has 5 rings (SSSR count). The normalized spacial score (nSPS) is 12.0. The van der Waals surface area contributed by atoms with Crippen molar-refractivity contribution in [1.29, 1.82) is 0 Å². The fourth-order valence-electron chi connectivity index (χ4n) is 4.85. The summed E-state index contributed by atoms with van der Waals surface area (Å²) in [5.74, 6) is 0. The molecule has 4 aromatic rings. The lowest BCUT2D eigenvalue weighted by atomic mass is 10.00. The lowest BCUT2D eigenvalue weighted by Gasteiger charge is -2.13. The molecule has 2 aromatic carbocycles. The van der Waals surface area contributed by atoms with Gasteiger partial charge in [0.15, 0.2) is 0 Å². The van der Waals surface area contributed by atoms with Crippen LogP contribution in [0, 0.1) is 0 Å². The molecule has 5 nitrogen and oxygen atoms in total. The van der Waals surface area contributed by atoms with E-state index in [9.17, 15) is 4.79 Å². The third-order valence-electron chi connectivity index (χ3n) is 6.55. The van der Waals surface area contributed by atoms with E-state index < -0.39 is 0 Å². The maximum atomic E-state index is 13.2. The summed E-state index contributed by atoms with van der Waals surface area (Å²) in [5, 5.41) is 6.56. The first-order chi connectivity index (χ1) is 15.8. The van der Waals surface area contributed by atoms with Crippen molar-refractivity contribution in [2.24, 2.45) is 5.73 Å². The van der Waals surface area contributed by atoms with Crippen LogP contribution in [0.15, 0.2) is 59.4 Å². The minimum absolute atomic E-state index is 0. The van der Waals surface area contributed by atoms with Crippen molar-refractivity contribution in [1.82, 2.24) is 14.9 Å². The van der Waals surface area contributed by atoms with Crippen molar-refractivity contribution >= 4 is 34.1 Å². The van der Waals surface area contributed by atoms with Crippen molar-refractivity contribution in [2.75, 3.05) is 13.1 Å². The summed E-state index contributed by atoms with van der Waals surface area (Å²) in [4.78, 5) is 18.2. The van der Waals surface area contributed by atoms with Crippen molar-refractivity contribution in [2.45, 2.75) is 45.2 Å². The van der Waals surface area contributed by atoms with Gasteiger partial charge in [-0.25, -0.2) is 4.98 Å². The van der Waals surface area contributed by atoms with Gasteiger partial charge in [0, 0.05) is 22.9 Å². The van der Waals surface area contributed by atoms with Gasteiger partial charge in [0.25, 0.3) is 5.56 Å². The molecular formula is C27H31ClN4O. The number of halogens is 1. The highest BCUT2D eigenvalue weighted by molar-refractivity contribution is 5.91. The number of aromatic nitrogens is 2. The first kappa shape index (κ1) is 23.4. The molecule has 0 spiro atoms. The molecule has 0 atom stereocenters. The first-order valence-corrected chi connectivity index (χ1v) is 11.7. The highest BCUT2D eigenvalue weighted by atomic mass is 35.5. The number of nitrogens with one attached hydrogen (secondary N) is 1. The maximum Gasteiger partial charge on any atom is 0.259 e. The Morgan fingerprint density at radius 1 is 0.939 bits per heavy atom. The molecule has 0 radical (unpaired) electrons. The number of nitrogens with zero attached hydrogens (tertiary/aromatic N) is 2. The zero-order valence-electron chi connectivity index (χ0n) is 18.8. The summed E-state index contributed by atoms with van der Waals surface area (Å²) in [6.07, 6.45) is 5.99. The van der Waals surface area contributed by atoms with Gasteiger partial charge in [-0.2, -0.15) is 0 Å². The predicted octanol–water partition coefficient (Wildman–Crippen LogP) is 5.00. The Labute approximate surface area is 200 Å². The van der Waals surface area contributed by atoms with Crippen LogP contribution in [-0.2, 0) is 13.1 Å². The van der Waals surface area contributed by atoms with E-state index in [1.165, 1.54) is 42.2 Å². The van der Waals surface area contributed by atoms with Gasteiger partial charge in [-0.15, -0.1) is 12.4 Å². The van der Waals surface area contributed by atoms with E-state index in [1.807, 2.05) is 34.9 Å². The molecule has 0 amide bonds. The van der Waals surface area contributed by atoms with E-state index in [2.05, 4.69) is 29.6 Å². The van der Waals surface area contributed by atoms with Crippen molar-refractivity contribution in [3.8, 4) is 11.4 Å². The zero-order chi connectivity index (χ0) is 21.9. The van der Waals surface area contributed by atoms with E-state index in [1.54, 1.807) is 0 Å². The molecule has 33 heavy (non-hydrogen) atoms. The molecule has 1 aliphatic heterocycles. The Balaban J connectivity index is 0.00000259. The van der Waals surface area contributed by atoms with Gasteiger partial charge in [0.2, 0.25) is 0 Å². The van der Waals surface area contributed by atoms with Crippen LogP contribution < -0.4 is 16.6 Å². The fraction of sp³-hybridized carbons (Fsp3) is 0.333. The number of benzene rings is 2. The number of fused-ring (bicyclic) bond motifs is 5. The second-order valence-electron chi connectivity index (χ2n) is 8.68. The second kappa shape index (κ2) is 10.5. The monoisotopic (exact) mass is 462 g/mol. The van der Waals surface area contributed by atoms with Gasteiger partial charge < -0.3 is 15.6 Å². The smallest absolute Gasteiger partial charge is 0.259 e. The van der Waals surface area contributed by atoms with Crippen LogP contribution in [0.5, 0.6) is 0 Å². The van der Waals surface area contributed by atoms with E-state index in [0.29, 0.717) is 6.54 Å². The van der Waals surface area contributed by atoms with Crippen LogP contribution in [0.3, 0.4) is 0 Å². The van der Waals surface area contributed by atoms with E-state index in [4.69, 9.17) is 10.7 Å². The van der Waals surface area contributed by atoms with Gasteiger partial charge >= 0.3 is 0 Å². The third-order valence-corrected chi connectivity index (χ3v) is 6.55.